The van der Waals surface area contributed by atoms with Crippen molar-refractivity contribution in [3.63, 3.8) is 0 Å². The Morgan fingerprint density at radius 1 is 1.29 bits per heavy atom. The number of nitrogens with zero attached hydrogens (tertiary/aromatic N) is 2. The zero-order chi connectivity index (χ0) is 22.4. The molecule has 0 bridgehead atoms. The van der Waals surface area contributed by atoms with Gasteiger partial charge in [-0.2, -0.15) is 0 Å². The van der Waals surface area contributed by atoms with Gasteiger partial charge in [0.1, 0.15) is 0 Å². The second-order valence-electron chi connectivity index (χ2n) is 7.98. The first kappa shape index (κ1) is 23.0. The van der Waals surface area contributed by atoms with Crippen LogP contribution < -0.4 is 5.32 Å². The Morgan fingerprint density at radius 2 is 2.10 bits per heavy atom. The van der Waals surface area contributed by atoms with Crippen molar-refractivity contribution in [3.05, 3.63) is 53.1 Å². The maximum Gasteiger partial charge on any atom is 0.255 e. The largest absolute Gasteiger partial charge is 0.498 e. The van der Waals surface area contributed by atoms with E-state index in [1.165, 1.54) is 4.90 Å². The zero-order valence-electron chi connectivity index (χ0n) is 18.1. The normalized spacial score (nSPS) is 18.4. The van der Waals surface area contributed by atoms with Crippen LogP contribution in [0.25, 0.3) is 0 Å². The number of aliphatic hydroxyl groups is 2. The van der Waals surface area contributed by atoms with Gasteiger partial charge in [0.05, 0.1) is 30.6 Å². The molecule has 0 aromatic carbocycles. The number of rotatable bonds is 9. The van der Waals surface area contributed by atoms with Crippen LogP contribution in [0, 0.1) is 0 Å². The minimum atomic E-state index is -1.86. The molecule has 1 aliphatic carbocycles. The average molecular weight is 430 g/mol. The summed E-state index contributed by atoms with van der Waals surface area (Å²) >= 11 is 0. The number of aliphatic hydroxyl groups excluding tert-OH is 2. The van der Waals surface area contributed by atoms with Crippen molar-refractivity contribution in [2.45, 2.75) is 70.9 Å². The van der Waals surface area contributed by atoms with Gasteiger partial charge in [0, 0.05) is 19.2 Å². The van der Waals surface area contributed by atoms with Crippen LogP contribution in [0.3, 0.4) is 0 Å². The summed E-state index contributed by atoms with van der Waals surface area (Å²) in [5.41, 5.74) is 2.52. The summed E-state index contributed by atoms with van der Waals surface area (Å²) < 4.78 is 5.77. The monoisotopic (exact) mass is 429 g/mol. The number of hydrogen-bond acceptors (Lipinski definition) is 6. The quantitative estimate of drug-likeness (QED) is 0.514. The summed E-state index contributed by atoms with van der Waals surface area (Å²) in [6.07, 6.45) is 5.52. The molecule has 0 saturated heterocycles. The third-order valence-electron chi connectivity index (χ3n) is 5.56. The molecule has 8 nitrogen and oxygen atoms in total. The second-order valence-corrected chi connectivity index (χ2v) is 7.98. The minimum Gasteiger partial charge on any atom is -0.498 e. The lowest BCUT2D eigenvalue weighted by atomic mass is 9.99. The van der Waals surface area contributed by atoms with E-state index in [0.29, 0.717) is 13.2 Å². The van der Waals surface area contributed by atoms with Crippen LogP contribution in [0.15, 0.2) is 41.8 Å². The number of unbranched alkanes of at least 4 members (excludes halogenated alkanes) is 1. The van der Waals surface area contributed by atoms with Crippen molar-refractivity contribution in [2.24, 2.45) is 0 Å². The molecule has 1 aliphatic heterocycles. The maximum atomic E-state index is 12.6. The van der Waals surface area contributed by atoms with Gasteiger partial charge in [-0.15, -0.1) is 0 Å². The Morgan fingerprint density at radius 3 is 2.84 bits per heavy atom. The summed E-state index contributed by atoms with van der Waals surface area (Å²) in [6.45, 7) is 5.10. The van der Waals surface area contributed by atoms with Gasteiger partial charge in [-0.1, -0.05) is 25.5 Å². The van der Waals surface area contributed by atoms with Gasteiger partial charge in [0.15, 0.2) is 12.2 Å². The second kappa shape index (κ2) is 10.5. The van der Waals surface area contributed by atoms with Crippen molar-refractivity contribution in [3.8, 4) is 0 Å². The first-order valence-electron chi connectivity index (χ1n) is 10.8. The van der Waals surface area contributed by atoms with Crippen molar-refractivity contribution < 1.29 is 24.5 Å². The summed E-state index contributed by atoms with van der Waals surface area (Å²) in [4.78, 5) is 30.7. The van der Waals surface area contributed by atoms with Crippen LogP contribution in [0.1, 0.15) is 50.8 Å². The van der Waals surface area contributed by atoms with E-state index in [1.54, 1.807) is 19.2 Å². The van der Waals surface area contributed by atoms with Gasteiger partial charge in [-0.25, -0.2) is 0 Å². The standard InChI is InChI=1S/C23H31N3O5/c1-3-4-11-31-18-9-5-7-16(12-18)15(2)25-22(29)20(27)21(28)23(30)26-13-17-8-6-10-24-19(17)14-26/h6-8,10,12,15,20-21,27-28H,3-5,9,11,13-14H2,1-2H3,(H,25,29)/t15-,20-,21-/m1/s1. The third-order valence-corrected chi connectivity index (χ3v) is 5.56. The Balaban J connectivity index is 1.53. The molecule has 0 radical (unpaired) electrons. The number of hydrogen-bond donors (Lipinski definition) is 3. The lowest BCUT2D eigenvalue weighted by Gasteiger charge is -2.25. The molecule has 2 amide bonds. The molecule has 2 heterocycles. The molecule has 0 saturated carbocycles. The van der Waals surface area contributed by atoms with Crippen molar-refractivity contribution >= 4 is 11.8 Å². The molecule has 0 spiro atoms. The number of amides is 2. The number of fused-ring (bicyclic) bond motifs is 1. The Hall–Kier alpha value is -2.71. The molecule has 31 heavy (non-hydrogen) atoms. The van der Waals surface area contributed by atoms with Gasteiger partial charge in [0.25, 0.3) is 11.8 Å². The number of allylic oxidation sites excluding steroid dienone is 2. The highest BCUT2D eigenvalue weighted by Crippen LogP contribution is 2.22. The Bertz CT molecular complexity index is 842. The van der Waals surface area contributed by atoms with Gasteiger partial charge >= 0.3 is 0 Å². The van der Waals surface area contributed by atoms with Crippen LogP contribution in [-0.4, -0.2) is 56.8 Å². The van der Waals surface area contributed by atoms with E-state index >= 15 is 0 Å². The van der Waals surface area contributed by atoms with Crippen molar-refractivity contribution in [1.29, 1.82) is 0 Å². The summed E-state index contributed by atoms with van der Waals surface area (Å²) in [5, 5.41) is 23.3. The number of nitrogens with one attached hydrogen (secondary N) is 1. The van der Waals surface area contributed by atoms with Gasteiger partial charge in [-0.3, -0.25) is 14.6 Å². The van der Waals surface area contributed by atoms with Gasteiger partial charge < -0.3 is 25.2 Å². The lowest BCUT2D eigenvalue weighted by molar-refractivity contribution is -0.153. The predicted octanol–water partition coefficient (Wildman–Crippen LogP) is 1.57. The SMILES string of the molecule is CCCCOC1=CC([C@@H](C)NC(=O)[C@H](O)[C@@H](O)C(=O)N2Cc3cccnc3C2)=CCC1. The highest BCUT2D eigenvalue weighted by molar-refractivity contribution is 5.91. The topological polar surface area (TPSA) is 112 Å². The first-order valence-corrected chi connectivity index (χ1v) is 10.8. The van der Waals surface area contributed by atoms with E-state index < -0.39 is 30.1 Å². The average Bonchev–Trinajstić information content (AvgIpc) is 3.22. The van der Waals surface area contributed by atoms with Crippen LogP contribution in [0.4, 0.5) is 0 Å². The smallest absolute Gasteiger partial charge is 0.255 e. The molecule has 3 rings (SSSR count). The van der Waals surface area contributed by atoms with Crippen molar-refractivity contribution in [1.82, 2.24) is 15.2 Å². The van der Waals surface area contributed by atoms with Crippen LogP contribution >= 0.6 is 0 Å². The third kappa shape index (κ3) is 5.71. The van der Waals surface area contributed by atoms with E-state index in [2.05, 4.69) is 17.2 Å². The number of pyridine rings is 1. The molecule has 0 unspecified atom stereocenters. The highest BCUT2D eigenvalue weighted by Gasteiger charge is 2.36. The fourth-order valence-corrected chi connectivity index (χ4v) is 3.66. The summed E-state index contributed by atoms with van der Waals surface area (Å²) in [7, 11) is 0. The van der Waals surface area contributed by atoms with E-state index in [9.17, 15) is 19.8 Å². The fraction of sp³-hybridized carbons (Fsp3) is 0.522. The number of ether oxygens (including phenoxy) is 1. The van der Waals surface area contributed by atoms with E-state index in [4.69, 9.17) is 4.74 Å². The van der Waals surface area contributed by atoms with Gasteiger partial charge in [-0.05, 0) is 43.0 Å². The number of carbonyl (C=O) groups excluding carboxylic acids is 2. The highest BCUT2D eigenvalue weighted by atomic mass is 16.5. The molecular weight excluding hydrogens is 398 g/mol. The molecule has 0 fully saturated rings. The molecule has 3 N–H and O–H groups in total. The maximum absolute atomic E-state index is 12.6. The van der Waals surface area contributed by atoms with Crippen molar-refractivity contribution in [2.75, 3.05) is 6.61 Å². The fourth-order valence-electron chi connectivity index (χ4n) is 3.66. The summed E-state index contributed by atoms with van der Waals surface area (Å²) in [5.74, 6) is -0.613. The molecule has 3 atom stereocenters. The first-order chi connectivity index (χ1) is 14.9. The molecule has 8 heteroatoms. The molecule has 1 aromatic rings. The van der Waals surface area contributed by atoms with Gasteiger partial charge in [0.2, 0.25) is 0 Å². The predicted molar refractivity (Wildman–Crippen MR) is 114 cm³/mol. The van der Waals surface area contributed by atoms with E-state index in [-0.39, 0.29) is 6.54 Å². The van der Waals surface area contributed by atoms with Crippen LogP contribution in [-0.2, 0) is 27.4 Å². The number of aromatic nitrogens is 1. The molecule has 1 aromatic heterocycles. The molecule has 2 aliphatic rings. The van der Waals surface area contributed by atoms with Crippen LogP contribution in [0.2, 0.25) is 0 Å². The molecular formula is C23H31N3O5. The van der Waals surface area contributed by atoms with E-state index in [1.807, 2.05) is 18.2 Å². The lowest BCUT2D eigenvalue weighted by Crippen LogP contribution is -2.51. The minimum absolute atomic E-state index is 0.245. The number of carbonyl (C=O) groups is 2. The van der Waals surface area contributed by atoms with Crippen LogP contribution in [0.5, 0.6) is 0 Å². The molecule has 168 valence electrons. The summed E-state index contributed by atoms with van der Waals surface area (Å²) in [6, 6.07) is 3.25. The Kier molecular flexibility index (Phi) is 7.81. The zero-order valence-corrected chi connectivity index (χ0v) is 18.1. The van der Waals surface area contributed by atoms with E-state index in [0.717, 1.165) is 48.3 Å². The Labute approximate surface area is 182 Å².